The minimum Gasteiger partial charge on any atom is -0.483 e. The molecule has 0 unspecified atom stereocenters. The molecule has 0 aliphatic carbocycles. The van der Waals surface area contributed by atoms with E-state index in [1.165, 1.54) is 5.56 Å². The van der Waals surface area contributed by atoms with Crippen molar-refractivity contribution in [1.29, 1.82) is 0 Å². The average molecular weight is 363 g/mol. The fourth-order valence-electron chi connectivity index (χ4n) is 2.87. The third kappa shape index (κ3) is 4.97. The predicted molar refractivity (Wildman–Crippen MR) is 107 cm³/mol. The van der Waals surface area contributed by atoms with Crippen LogP contribution >= 0.6 is 0 Å². The molecule has 1 heterocycles. The molecule has 3 aromatic rings. The number of aromatic nitrogens is 2. The van der Waals surface area contributed by atoms with Gasteiger partial charge in [0.2, 0.25) is 0 Å². The van der Waals surface area contributed by atoms with Gasteiger partial charge < -0.3 is 10.1 Å². The molecular formula is C22H25N3O2. The van der Waals surface area contributed by atoms with Crippen molar-refractivity contribution < 1.29 is 9.53 Å². The van der Waals surface area contributed by atoms with Gasteiger partial charge in [-0.05, 0) is 30.5 Å². The molecule has 0 saturated heterocycles. The first kappa shape index (κ1) is 18.7. The van der Waals surface area contributed by atoms with Crippen LogP contribution in [0.15, 0.2) is 66.9 Å². The molecule has 5 heteroatoms. The lowest BCUT2D eigenvalue weighted by molar-refractivity contribution is -0.118. The van der Waals surface area contributed by atoms with Gasteiger partial charge in [0.1, 0.15) is 11.6 Å². The molecule has 140 valence electrons. The molecule has 0 aliphatic heterocycles. The maximum absolute atomic E-state index is 12.3. The molecule has 0 radical (unpaired) electrons. The molecule has 3 rings (SSSR count). The number of ether oxygens (including phenoxy) is 1. The van der Waals surface area contributed by atoms with Gasteiger partial charge in [-0.25, -0.2) is 4.68 Å². The van der Waals surface area contributed by atoms with Gasteiger partial charge in [-0.1, -0.05) is 55.5 Å². The third-order valence-corrected chi connectivity index (χ3v) is 4.51. The first-order chi connectivity index (χ1) is 13.2. The summed E-state index contributed by atoms with van der Waals surface area (Å²) in [5.74, 6) is 1.22. The number of carbonyl (C=O) groups is 1. The van der Waals surface area contributed by atoms with Crippen LogP contribution in [0, 0.1) is 0 Å². The van der Waals surface area contributed by atoms with E-state index in [1.54, 1.807) is 12.3 Å². The van der Waals surface area contributed by atoms with Crippen LogP contribution in [0.25, 0.3) is 0 Å². The van der Waals surface area contributed by atoms with Crippen molar-refractivity contribution in [1.82, 2.24) is 9.78 Å². The number of amides is 1. The number of hydrogen-bond acceptors (Lipinski definition) is 3. The molecule has 5 nitrogen and oxygen atoms in total. The monoisotopic (exact) mass is 363 g/mol. The third-order valence-electron chi connectivity index (χ3n) is 4.51. The molecule has 1 N–H and O–H groups in total. The Labute approximate surface area is 160 Å². The van der Waals surface area contributed by atoms with Crippen molar-refractivity contribution >= 4 is 11.7 Å². The minimum atomic E-state index is -0.199. The fraction of sp³-hybridized carbons (Fsp3) is 0.273. The summed E-state index contributed by atoms with van der Waals surface area (Å²) in [5, 5.41) is 7.16. The van der Waals surface area contributed by atoms with Gasteiger partial charge in [0.15, 0.2) is 6.61 Å². The van der Waals surface area contributed by atoms with Crippen LogP contribution in [-0.4, -0.2) is 22.3 Å². The average Bonchev–Trinajstić information content (AvgIpc) is 3.15. The Morgan fingerprint density at radius 2 is 1.85 bits per heavy atom. The van der Waals surface area contributed by atoms with Crippen molar-refractivity contribution in [2.45, 2.75) is 32.7 Å². The van der Waals surface area contributed by atoms with Gasteiger partial charge in [-0.2, -0.15) is 5.10 Å². The molecule has 0 spiro atoms. The summed E-state index contributed by atoms with van der Waals surface area (Å²) in [6.45, 7) is 4.11. The van der Waals surface area contributed by atoms with Crippen LogP contribution in [0.2, 0.25) is 0 Å². The lowest BCUT2D eigenvalue weighted by Gasteiger charge is -2.15. The van der Waals surface area contributed by atoms with Gasteiger partial charge in [0.25, 0.3) is 5.91 Å². The summed E-state index contributed by atoms with van der Waals surface area (Å²) in [4.78, 5) is 12.3. The van der Waals surface area contributed by atoms with E-state index in [4.69, 9.17) is 4.74 Å². The van der Waals surface area contributed by atoms with Gasteiger partial charge in [0.05, 0.1) is 12.2 Å². The zero-order valence-corrected chi connectivity index (χ0v) is 15.8. The van der Waals surface area contributed by atoms with E-state index in [0.29, 0.717) is 5.82 Å². The Bertz CT molecular complexity index is 874. The zero-order chi connectivity index (χ0) is 19.1. The molecular weight excluding hydrogens is 338 g/mol. The smallest absolute Gasteiger partial charge is 0.263 e. The first-order valence-corrected chi connectivity index (χ1v) is 9.25. The fourth-order valence-corrected chi connectivity index (χ4v) is 2.87. The summed E-state index contributed by atoms with van der Waals surface area (Å²) in [7, 11) is 0. The van der Waals surface area contributed by atoms with E-state index in [2.05, 4.69) is 36.4 Å². The highest BCUT2D eigenvalue weighted by molar-refractivity contribution is 5.91. The van der Waals surface area contributed by atoms with E-state index in [0.717, 1.165) is 24.2 Å². The molecule has 27 heavy (non-hydrogen) atoms. The largest absolute Gasteiger partial charge is 0.483 e. The van der Waals surface area contributed by atoms with Crippen LogP contribution in [0.1, 0.15) is 37.4 Å². The van der Waals surface area contributed by atoms with E-state index in [-0.39, 0.29) is 18.6 Å². The van der Waals surface area contributed by atoms with E-state index >= 15 is 0 Å². The topological polar surface area (TPSA) is 56.2 Å². The Morgan fingerprint density at radius 1 is 1.11 bits per heavy atom. The quantitative estimate of drug-likeness (QED) is 0.643. The SMILES string of the molecule is CC[C@H](C)n1nccc1NC(=O)COc1ccccc1Cc1ccccc1. The maximum Gasteiger partial charge on any atom is 0.263 e. The van der Waals surface area contributed by atoms with Crippen molar-refractivity contribution in [2.75, 3.05) is 11.9 Å². The highest BCUT2D eigenvalue weighted by Gasteiger charge is 2.12. The Morgan fingerprint density at radius 3 is 2.63 bits per heavy atom. The van der Waals surface area contributed by atoms with Gasteiger partial charge in [0, 0.05) is 12.5 Å². The number of hydrogen-bond donors (Lipinski definition) is 1. The molecule has 1 atom stereocenters. The lowest BCUT2D eigenvalue weighted by atomic mass is 10.0. The van der Waals surface area contributed by atoms with Crippen LogP contribution in [0.3, 0.4) is 0 Å². The van der Waals surface area contributed by atoms with Crippen molar-refractivity contribution in [3.63, 3.8) is 0 Å². The standard InChI is InChI=1S/C22H25N3O2/c1-3-17(2)25-21(13-14-23-25)24-22(26)16-27-20-12-8-7-11-19(20)15-18-9-5-4-6-10-18/h4-14,17H,3,15-16H2,1-2H3,(H,24,26)/t17-/m0/s1. The van der Waals surface area contributed by atoms with Crippen LogP contribution < -0.4 is 10.1 Å². The highest BCUT2D eigenvalue weighted by atomic mass is 16.5. The zero-order valence-electron chi connectivity index (χ0n) is 15.8. The van der Waals surface area contributed by atoms with E-state index in [1.807, 2.05) is 47.1 Å². The number of benzene rings is 2. The molecule has 2 aromatic carbocycles. The molecule has 0 saturated carbocycles. The van der Waals surface area contributed by atoms with Gasteiger partial charge >= 0.3 is 0 Å². The van der Waals surface area contributed by atoms with Gasteiger partial charge in [-0.3, -0.25) is 4.79 Å². The highest BCUT2D eigenvalue weighted by Crippen LogP contribution is 2.22. The number of nitrogens with zero attached hydrogens (tertiary/aromatic N) is 2. The predicted octanol–water partition coefficient (Wildman–Crippen LogP) is 4.46. The van der Waals surface area contributed by atoms with Crippen LogP contribution in [-0.2, 0) is 11.2 Å². The second-order valence-electron chi connectivity index (χ2n) is 6.53. The number of carbonyl (C=O) groups excluding carboxylic acids is 1. The normalized spacial score (nSPS) is 11.8. The summed E-state index contributed by atoms with van der Waals surface area (Å²) >= 11 is 0. The van der Waals surface area contributed by atoms with Crippen molar-refractivity contribution in [3.8, 4) is 5.75 Å². The summed E-state index contributed by atoms with van der Waals surface area (Å²) in [5.41, 5.74) is 2.26. The molecule has 0 aliphatic rings. The second-order valence-corrected chi connectivity index (χ2v) is 6.53. The molecule has 1 aromatic heterocycles. The minimum absolute atomic E-state index is 0.0442. The van der Waals surface area contributed by atoms with Crippen molar-refractivity contribution in [3.05, 3.63) is 78.0 Å². The van der Waals surface area contributed by atoms with Gasteiger partial charge in [-0.15, -0.1) is 0 Å². The number of rotatable bonds is 8. The summed E-state index contributed by atoms with van der Waals surface area (Å²) in [6.07, 6.45) is 3.39. The molecule has 1 amide bonds. The van der Waals surface area contributed by atoms with E-state index < -0.39 is 0 Å². The molecule has 0 fully saturated rings. The number of para-hydroxylation sites is 1. The maximum atomic E-state index is 12.3. The van der Waals surface area contributed by atoms with Crippen LogP contribution in [0.5, 0.6) is 5.75 Å². The lowest BCUT2D eigenvalue weighted by Crippen LogP contribution is -2.23. The Balaban J connectivity index is 1.62. The first-order valence-electron chi connectivity index (χ1n) is 9.25. The summed E-state index contributed by atoms with van der Waals surface area (Å²) < 4.78 is 7.63. The number of anilines is 1. The summed E-state index contributed by atoms with van der Waals surface area (Å²) in [6, 6.07) is 20.1. The Kier molecular flexibility index (Phi) is 6.26. The van der Waals surface area contributed by atoms with Crippen LogP contribution in [0.4, 0.5) is 5.82 Å². The van der Waals surface area contributed by atoms with Crippen molar-refractivity contribution in [2.24, 2.45) is 0 Å². The second kappa shape index (κ2) is 9.03. The number of nitrogens with one attached hydrogen (secondary N) is 1. The Hall–Kier alpha value is -3.08. The van der Waals surface area contributed by atoms with E-state index in [9.17, 15) is 4.79 Å². The molecule has 0 bridgehead atoms.